The summed E-state index contributed by atoms with van der Waals surface area (Å²) in [5.41, 5.74) is 0. The van der Waals surface area contributed by atoms with Crippen LogP contribution < -0.4 is 4.72 Å². The monoisotopic (exact) mass is 311 g/mol. The fourth-order valence-electron chi connectivity index (χ4n) is 1.43. The first-order valence-electron chi connectivity index (χ1n) is 5.49. The summed E-state index contributed by atoms with van der Waals surface area (Å²) < 4.78 is 26.6. The summed E-state index contributed by atoms with van der Waals surface area (Å²) in [7, 11) is -3.64. The summed E-state index contributed by atoms with van der Waals surface area (Å²) in [5, 5.41) is 9.34. The molecule has 1 unspecified atom stereocenters. The fraction of sp³-hybridized carbons (Fsp3) is 0.455. The minimum Gasteiger partial charge on any atom is -0.396 e. The standard InChI is InChI=1S/C11H15Cl2NO3S/c1-2-8(5-6-15)14-18(16,17)9-3-4-10(12)11(13)7-9/h3-4,7-8,14-15H,2,5-6H2,1H3. The first kappa shape index (κ1) is 15.7. The zero-order valence-electron chi connectivity index (χ0n) is 9.86. The van der Waals surface area contributed by atoms with Crippen molar-refractivity contribution in [2.75, 3.05) is 6.61 Å². The van der Waals surface area contributed by atoms with E-state index in [1.807, 2.05) is 6.92 Å². The molecule has 0 amide bonds. The Morgan fingerprint density at radius 2 is 2.00 bits per heavy atom. The topological polar surface area (TPSA) is 66.4 Å². The molecule has 2 N–H and O–H groups in total. The summed E-state index contributed by atoms with van der Waals surface area (Å²) in [5.74, 6) is 0. The summed E-state index contributed by atoms with van der Waals surface area (Å²) in [4.78, 5) is 0.0632. The molecule has 1 aromatic rings. The van der Waals surface area contributed by atoms with Gasteiger partial charge in [0.05, 0.1) is 14.9 Å². The van der Waals surface area contributed by atoms with Gasteiger partial charge >= 0.3 is 0 Å². The van der Waals surface area contributed by atoms with E-state index in [2.05, 4.69) is 4.72 Å². The Morgan fingerprint density at radius 1 is 1.33 bits per heavy atom. The average Bonchev–Trinajstić information content (AvgIpc) is 2.31. The molecule has 1 rings (SSSR count). The third-order valence-corrected chi connectivity index (χ3v) is 4.75. The van der Waals surface area contributed by atoms with Crippen LogP contribution in [0.15, 0.2) is 23.1 Å². The van der Waals surface area contributed by atoms with Crippen molar-refractivity contribution >= 4 is 33.2 Å². The first-order chi connectivity index (χ1) is 8.40. The quantitative estimate of drug-likeness (QED) is 0.848. The van der Waals surface area contributed by atoms with E-state index in [0.29, 0.717) is 17.9 Å². The average molecular weight is 312 g/mol. The van der Waals surface area contributed by atoms with Gasteiger partial charge in [0.2, 0.25) is 10.0 Å². The van der Waals surface area contributed by atoms with E-state index in [9.17, 15) is 8.42 Å². The lowest BCUT2D eigenvalue weighted by atomic mass is 10.2. The molecule has 0 spiro atoms. The number of aliphatic hydroxyl groups is 1. The van der Waals surface area contributed by atoms with Gasteiger partial charge in [-0.2, -0.15) is 0 Å². The third kappa shape index (κ3) is 4.10. The van der Waals surface area contributed by atoms with Gasteiger partial charge < -0.3 is 5.11 Å². The number of benzene rings is 1. The van der Waals surface area contributed by atoms with Crippen molar-refractivity contribution in [1.29, 1.82) is 0 Å². The van der Waals surface area contributed by atoms with Crippen molar-refractivity contribution in [2.45, 2.75) is 30.7 Å². The second-order valence-electron chi connectivity index (χ2n) is 3.81. The maximum absolute atomic E-state index is 12.0. The van der Waals surface area contributed by atoms with Crippen LogP contribution in [0.1, 0.15) is 19.8 Å². The predicted molar refractivity (Wildman–Crippen MR) is 72.6 cm³/mol. The van der Waals surface area contributed by atoms with Gasteiger partial charge in [0.1, 0.15) is 0 Å². The lowest BCUT2D eigenvalue weighted by Crippen LogP contribution is -2.35. The van der Waals surface area contributed by atoms with E-state index in [1.54, 1.807) is 0 Å². The van der Waals surface area contributed by atoms with Crippen molar-refractivity contribution in [2.24, 2.45) is 0 Å². The zero-order valence-corrected chi connectivity index (χ0v) is 12.2. The molecule has 0 aliphatic heterocycles. The number of sulfonamides is 1. The Hall–Kier alpha value is -0.330. The van der Waals surface area contributed by atoms with Crippen LogP contribution >= 0.6 is 23.2 Å². The molecule has 1 aromatic carbocycles. The Kier molecular flexibility index (Phi) is 5.88. The van der Waals surface area contributed by atoms with E-state index in [-0.39, 0.29) is 22.6 Å². The van der Waals surface area contributed by atoms with Gasteiger partial charge in [-0.25, -0.2) is 13.1 Å². The van der Waals surface area contributed by atoms with E-state index in [1.165, 1.54) is 18.2 Å². The molecule has 0 saturated heterocycles. The molecule has 0 radical (unpaired) electrons. The highest BCUT2D eigenvalue weighted by molar-refractivity contribution is 7.89. The van der Waals surface area contributed by atoms with Crippen molar-refractivity contribution in [3.8, 4) is 0 Å². The Labute approximate surface area is 117 Å². The molecule has 0 aromatic heterocycles. The van der Waals surface area contributed by atoms with Crippen molar-refractivity contribution in [3.05, 3.63) is 28.2 Å². The molecule has 0 fully saturated rings. The van der Waals surface area contributed by atoms with Gasteiger partial charge in [0.25, 0.3) is 0 Å². The van der Waals surface area contributed by atoms with E-state index in [4.69, 9.17) is 28.3 Å². The van der Waals surface area contributed by atoms with Crippen LogP contribution in [0.25, 0.3) is 0 Å². The number of aliphatic hydroxyl groups excluding tert-OH is 1. The fourth-order valence-corrected chi connectivity index (χ4v) is 3.18. The third-order valence-electron chi connectivity index (χ3n) is 2.49. The largest absolute Gasteiger partial charge is 0.396 e. The highest BCUT2D eigenvalue weighted by Gasteiger charge is 2.19. The van der Waals surface area contributed by atoms with Crippen molar-refractivity contribution < 1.29 is 13.5 Å². The maximum Gasteiger partial charge on any atom is 0.240 e. The van der Waals surface area contributed by atoms with Gasteiger partial charge in [-0.3, -0.25) is 0 Å². The number of nitrogens with one attached hydrogen (secondary N) is 1. The van der Waals surface area contributed by atoms with Crippen LogP contribution in [-0.2, 0) is 10.0 Å². The molecule has 4 nitrogen and oxygen atoms in total. The molecule has 102 valence electrons. The molecule has 7 heteroatoms. The van der Waals surface area contributed by atoms with Crippen LogP contribution in [0.4, 0.5) is 0 Å². The molecular weight excluding hydrogens is 297 g/mol. The minimum absolute atomic E-state index is 0.0632. The number of halogens is 2. The number of hydrogen-bond donors (Lipinski definition) is 2. The summed E-state index contributed by atoms with van der Waals surface area (Å²) in [6, 6.07) is 3.83. The highest BCUT2D eigenvalue weighted by atomic mass is 35.5. The summed E-state index contributed by atoms with van der Waals surface area (Å²) >= 11 is 11.5. The van der Waals surface area contributed by atoms with Crippen molar-refractivity contribution in [1.82, 2.24) is 4.72 Å². The highest BCUT2D eigenvalue weighted by Crippen LogP contribution is 2.24. The molecule has 1 atom stereocenters. The van der Waals surface area contributed by atoms with E-state index < -0.39 is 10.0 Å². The smallest absolute Gasteiger partial charge is 0.240 e. The molecular formula is C11H15Cl2NO3S. The lowest BCUT2D eigenvalue weighted by molar-refractivity contribution is 0.270. The Balaban J connectivity index is 2.95. The predicted octanol–water partition coefficient (Wildman–Crippen LogP) is 2.43. The minimum atomic E-state index is -3.64. The molecule has 18 heavy (non-hydrogen) atoms. The Bertz CT molecular complexity index is 505. The lowest BCUT2D eigenvalue weighted by Gasteiger charge is -2.16. The summed E-state index contributed by atoms with van der Waals surface area (Å²) in [6.45, 7) is 1.78. The van der Waals surface area contributed by atoms with Gasteiger partial charge in [0, 0.05) is 12.6 Å². The van der Waals surface area contributed by atoms with Gasteiger partial charge in [-0.1, -0.05) is 30.1 Å². The van der Waals surface area contributed by atoms with Gasteiger partial charge in [0.15, 0.2) is 0 Å². The SMILES string of the molecule is CCC(CCO)NS(=O)(=O)c1ccc(Cl)c(Cl)c1. The Morgan fingerprint density at radius 3 is 2.50 bits per heavy atom. The maximum atomic E-state index is 12.0. The molecule has 0 aliphatic carbocycles. The van der Waals surface area contributed by atoms with Crippen LogP contribution in [0.5, 0.6) is 0 Å². The van der Waals surface area contributed by atoms with Crippen LogP contribution in [0.2, 0.25) is 10.0 Å². The second kappa shape index (κ2) is 6.73. The molecule has 0 aliphatic rings. The summed E-state index contributed by atoms with van der Waals surface area (Å²) in [6.07, 6.45) is 0.970. The second-order valence-corrected chi connectivity index (χ2v) is 6.34. The molecule has 0 saturated carbocycles. The normalized spacial score (nSPS) is 13.6. The number of rotatable bonds is 6. The van der Waals surface area contributed by atoms with Crippen LogP contribution in [-0.4, -0.2) is 26.2 Å². The zero-order chi connectivity index (χ0) is 13.8. The molecule has 0 bridgehead atoms. The van der Waals surface area contributed by atoms with Crippen molar-refractivity contribution in [3.63, 3.8) is 0 Å². The van der Waals surface area contributed by atoms with E-state index >= 15 is 0 Å². The van der Waals surface area contributed by atoms with Crippen LogP contribution in [0.3, 0.4) is 0 Å². The number of hydrogen-bond acceptors (Lipinski definition) is 3. The van der Waals surface area contributed by atoms with Crippen LogP contribution in [0, 0.1) is 0 Å². The first-order valence-corrected chi connectivity index (χ1v) is 7.73. The van der Waals surface area contributed by atoms with E-state index in [0.717, 1.165) is 0 Å². The van der Waals surface area contributed by atoms with Gasteiger partial charge in [-0.15, -0.1) is 0 Å². The van der Waals surface area contributed by atoms with Gasteiger partial charge in [-0.05, 0) is 31.0 Å². The molecule has 0 heterocycles.